The summed E-state index contributed by atoms with van der Waals surface area (Å²) >= 11 is 13.2. The number of azo groups is 1. The van der Waals surface area contributed by atoms with Crippen LogP contribution >= 0.6 is 23.2 Å². The monoisotopic (exact) mass is 723 g/mol. The van der Waals surface area contributed by atoms with Crippen molar-refractivity contribution in [2.45, 2.75) is 103 Å². The number of nitrogens with one attached hydrogen (secondary N) is 1. The Labute approximate surface area is 278 Å². The molecule has 3 aliphatic carbocycles. The number of carbonyl (C=O) groups is 1. The van der Waals surface area contributed by atoms with Crippen LogP contribution in [0.5, 0.6) is 0 Å². The highest BCUT2D eigenvalue weighted by molar-refractivity contribution is 7.86. The molecule has 15 nitrogen and oxygen atoms in total. The van der Waals surface area contributed by atoms with E-state index in [4.69, 9.17) is 27.9 Å². The predicted octanol–water partition coefficient (Wildman–Crippen LogP) is 2.83. The molecule has 19 heteroatoms. The molecule has 46 heavy (non-hydrogen) atoms. The molecular weight excluding hydrogens is 685 g/mol. The molecule has 0 radical (unpaired) electrons. The Morgan fingerprint density at radius 1 is 1.00 bits per heavy atom. The minimum atomic E-state index is -4.36. The summed E-state index contributed by atoms with van der Waals surface area (Å²) in [5.41, 5.74) is 0.106. The van der Waals surface area contributed by atoms with E-state index in [1.807, 2.05) is 6.07 Å². The van der Waals surface area contributed by atoms with Crippen LogP contribution in [0.3, 0.4) is 0 Å². The molecule has 0 aromatic carbocycles. The number of morpholine rings is 1. The molecule has 4 aliphatic rings. The molecule has 1 amide bonds. The first-order chi connectivity index (χ1) is 21.8. The Hall–Kier alpha value is -1.91. The summed E-state index contributed by atoms with van der Waals surface area (Å²) in [4.78, 5) is 15.8. The third kappa shape index (κ3) is 8.20. The maximum atomic E-state index is 13.5. The van der Waals surface area contributed by atoms with Crippen molar-refractivity contribution in [1.29, 1.82) is 5.26 Å². The van der Waals surface area contributed by atoms with Crippen molar-refractivity contribution in [2.24, 2.45) is 16.1 Å². The molecule has 0 bridgehead atoms. The van der Waals surface area contributed by atoms with E-state index < -0.39 is 65.5 Å². The van der Waals surface area contributed by atoms with Crippen LogP contribution in [0.4, 0.5) is 5.82 Å². The van der Waals surface area contributed by atoms with E-state index >= 15 is 0 Å². The lowest BCUT2D eigenvalue weighted by atomic mass is 9.84. The summed E-state index contributed by atoms with van der Waals surface area (Å²) in [6.45, 7) is 2.76. The zero-order valence-corrected chi connectivity index (χ0v) is 28.2. The second-order valence-electron chi connectivity index (χ2n) is 12.6. The second-order valence-corrected chi connectivity index (χ2v) is 17.1. The molecule has 4 fully saturated rings. The van der Waals surface area contributed by atoms with Gasteiger partial charge >= 0.3 is 0 Å². The number of ether oxygens (including phenoxy) is 1. The highest BCUT2D eigenvalue weighted by Gasteiger charge is 2.44. The molecule has 1 saturated heterocycles. The number of aromatic nitrogens is 2. The minimum Gasteiger partial charge on any atom is -0.379 e. The number of amides is 1. The fourth-order valence-electron chi connectivity index (χ4n) is 7.19. The lowest BCUT2D eigenvalue weighted by molar-refractivity contribution is -0.127. The Bertz CT molecular complexity index is 1530. The predicted molar refractivity (Wildman–Crippen MR) is 167 cm³/mol. The van der Waals surface area contributed by atoms with Crippen LogP contribution in [0.2, 0.25) is 0 Å². The Kier molecular flexibility index (Phi) is 11.3. The third-order valence-electron chi connectivity index (χ3n) is 9.71. The minimum absolute atomic E-state index is 0.0419. The van der Waals surface area contributed by atoms with Gasteiger partial charge in [-0.3, -0.25) is 18.8 Å². The summed E-state index contributed by atoms with van der Waals surface area (Å²) in [5.74, 6) is -0.778. The standard InChI is InChI=1S/C27H39Cl2N7O8S2/c28-21-12-20(46(41,42)43)13-22(29)25(21)36-26(17(14-30)15-31-36)34-33-23-5-4-18(35-6-8-44-9-7-35)11-24(23)32-27(37)16-2-1-3-19(10-16)45(38,39)40/h15-16,18-25H,1-13H2,(H,32,37)(H,38,39,40)(H,41,42,43). The van der Waals surface area contributed by atoms with Crippen molar-refractivity contribution in [3.8, 4) is 6.07 Å². The van der Waals surface area contributed by atoms with E-state index in [9.17, 15) is 36.0 Å². The van der Waals surface area contributed by atoms with Gasteiger partial charge in [0.2, 0.25) is 5.91 Å². The number of rotatable bonds is 8. The Morgan fingerprint density at radius 3 is 2.30 bits per heavy atom. The summed E-state index contributed by atoms with van der Waals surface area (Å²) < 4.78 is 73.2. The van der Waals surface area contributed by atoms with Crippen LogP contribution < -0.4 is 5.32 Å². The maximum Gasteiger partial charge on any atom is 0.267 e. The number of alkyl halides is 2. The number of halogens is 2. The number of nitrogens with zero attached hydrogens (tertiary/aromatic N) is 6. The number of hydrogen-bond acceptors (Lipinski definition) is 11. The fourth-order valence-corrected chi connectivity index (χ4v) is 10.3. The Morgan fingerprint density at radius 2 is 1.67 bits per heavy atom. The Balaban J connectivity index is 1.37. The number of hydrogen-bond donors (Lipinski definition) is 3. The van der Waals surface area contributed by atoms with Gasteiger partial charge in [0.05, 0.1) is 58.8 Å². The van der Waals surface area contributed by atoms with Crippen LogP contribution in [0.1, 0.15) is 69.4 Å². The summed E-state index contributed by atoms with van der Waals surface area (Å²) in [6.07, 6.45) is 4.43. The quantitative estimate of drug-likeness (QED) is 0.201. The van der Waals surface area contributed by atoms with Gasteiger partial charge in [0.1, 0.15) is 11.6 Å². The van der Waals surface area contributed by atoms with E-state index in [-0.39, 0.29) is 42.6 Å². The first-order valence-electron chi connectivity index (χ1n) is 15.5. The maximum absolute atomic E-state index is 13.5. The number of carbonyl (C=O) groups excluding carboxylic acids is 1. The van der Waals surface area contributed by atoms with Crippen LogP contribution in [0.25, 0.3) is 0 Å². The van der Waals surface area contributed by atoms with E-state index in [1.54, 1.807) is 0 Å². The van der Waals surface area contributed by atoms with Gasteiger partial charge in [0, 0.05) is 25.0 Å². The van der Waals surface area contributed by atoms with E-state index in [1.165, 1.54) is 10.9 Å². The van der Waals surface area contributed by atoms with Gasteiger partial charge in [-0.2, -0.15) is 32.3 Å². The molecular formula is C27H39Cl2N7O8S2. The van der Waals surface area contributed by atoms with Crippen LogP contribution in [-0.4, -0.2) is 112 Å². The average molecular weight is 725 g/mol. The smallest absolute Gasteiger partial charge is 0.267 e. The van der Waals surface area contributed by atoms with Crippen molar-refractivity contribution in [1.82, 2.24) is 20.0 Å². The highest BCUT2D eigenvalue weighted by atomic mass is 35.5. The van der Waals surface area contributed by atoms with Crippen LogP contribution in [0.15, 0.2) is 16.4 Å². The molecule has 3 N–H and O–H groups in total. The largest absolute Gasteiger partial charge is 0.379 e. The van der Waals surface area contributed by atoms with Gasteiger partial charge in [0.15, 0.2) is 5.82 Å². The second kappa shape index (κ2) is 14.7. The third-order valence-corrected chi connectivity index (χ3v) is 13.1. The number of nitriles is 1. The summed E-state index contributed by atoms with van der Waals surface area (Å²) in [7, 11) is -8.62. The highest BCUT2D eigenvalue weighted by Crippen LogP contribution is 2.41. The molecule has 0 spiro atoms. The molecule has 7 unspecified atom stereocenters. The molecule has 2 heterocycles. The van der Waals surface area contributed by atoms with Gasteiger partial charge in [-0.1, -0.05) is 6.42 Å². The van der Waals surface area contributed by atoms with Crippen LogP contribution in [-0.2, 0) is 29.8 Å². The van der Waals surface area contributed by atoms with Crippen molar-refractivity contribution >= 4 is 55.2 Å². The van der Waals surface area contributed by atoms with Gasteiger partial charge in [-0.25, -0.2) is 4.68 Å². The van der Waals surface area contributed by atoms with E-state index in [2.05, 4.69) is 25.5 Å². The lowest BCUT2D eigenvalue weighted by Crippen LogP contribution is -2.54. The summed E-state index contributed by atoms with van der Waals surface area (Å²) in [5, 5.41) is 22.5. The van der Waals surface area contributed by atoms with Crippen LogP contribution in [0, 0.1) is 17.2 Å². The summed E-state index contributed by atoms with van der Waals surface area (Å²) in [6, 6.07) is 0.528. The zero-order valence-electron chi connectivity index (χ0n) is 25.1. The molecule has 1 aromatic rings. The molecule has 256 valence electrons. The van der Waals surface area contributed by atoms with Crippen molar-refractivity contribution in [3.63, 3.8) is 0 Å². The van der Waals surface area contributed by atoms with E-state index in [0.717, 1.165) is 19.5 Å². The molecule has 5 rings (SSSR count). The van der Waals surface area contributed by atoms with Gasteiger partial charge in [-0.15, -0.1) is 28.3 Å². The van der Waals surface area contributed by atoms with Gasteiger partial charge in [0.25, 0.3) is 20.2 Å². The van der Waals surface area contributed by atoms with Gasteiger partial charge < -0.3 is 10.1 Å². The van der Waals surface area contributed by atoms with Crippen molar-refractivity contribution < 1.29 is 35.5 Å². The average Bonchev–Trinajstić information content (AvgIpc) is 3.42. The molecule has 7 atom stereocenters. The van der Waals surface area contributed by atoms with Gasteiger partial charge in [-0.05, 0) is 51.4 Å². The van der Waals surface area contributed by atoms with Crippen molar-refractivity contribution in [2.75, 3.05) is 26.3 Å². The first kappa shape index (κ1) is 35.4. The first-order valence-corrected chi connectivity index (χ1v) is 19.4. The van der Waals surface area contributed by atoms with E-state index in [0.29, 0.717) is 45.3 Å². The molecule has 1 aromatic heterocycles. The zero-order chi connectivity index (χ0) is 33.2. The normalized spacial score (nSPS) is 35.1. The van der Waals surface area contributed by atoms with Crippen molar-refractivity contribution in [3.05, 3.63) is 11.8 Å². The fraction of sp³-hybridized carbons (Fsp3) is 0.815. The SMILES string of the molecule is N#Cc1cnn(C2C(Cl)CC(S(=O)(=O)O)CC2Cl)c1N=NC1CCC(N2CCOCC2)CC1NC(=O)C1CCCC(S(=O)(=O)O)C1. The lowest BCUT2D eigenvalue weighted by Gasteiger charge is -2.41. The molecule has 1 aliphatic heterocycles. The topological polar surface area (TPSA) is 217 Å². The molecule has 3 saturated carbocycles.